The van der Waals surface area contributed by atoms with Gasteiger partial charge in [0.15, 0.2) is 17.6 Å². The van der Waals surface area contributed by atoms with Gasteiger partial charge in [0.2, 0.25) is 0 Å². The van der Waals surface area contributed by atoms with E-state index in [0.29, 0.717) is 23.7 Å². The lowest BCUT2D eigenvalue weighted by molar-refractivity contribution is -0.129. The van der Waals surface area contributed by atoms with Gasteiger partial charge in [-0.1, -0.05) is 30.3 Å². The maximum Gasteiger partial charge on any atom is 0.273 e. The van der Waals surface area contributed by atoms with Crippen molar-refractivity contribution >= 4 is 12.1 Å². The van der Waals surface area contributed by atoms with Crippen LogP contribution in [-0.2, 0) is 4.79 Å². The van der Waals surface area contributed by atoms with Crippen LogP contribution in [0.15, 0.2) is 53.6 Å². The Kier molecular flexibility index (Phi) is 6.33. The summed E-state index contributed by atoms with van der Waals surface area (Å²) in [6.45, 7) is 2.43. The lowest BCUT2D eigenvalue weighted by Crippen LogP contribution is -2.25. The number of carbonyl (C=O) groups is 1. The smallest absolute Gasteiger partial charge is 0.273 e. The molecule has 0 spiro atoms. The number of nitrogens with one attached hydrogen (secondary N) is 1. The molecule has 24 heavy (non-hydrogen) atoms. The Morgan fingerprint density at radius 2 is 2.00 bits per heavy atom. The number of aliphatic hydroxyl groups excluding tert-OH is 1. The van der Waals surface area contributed by atoms with Gasteiger partial charge in [-0.3, -0.25) is 4.79 Å². The van der Waals surface area contributed by atoms with E-state index in [2.05, 4.69) is 10.5 Å². The quantitative estimate of drug-likeness (QED) is 0.603. The minimum Gasteiger partial charge on any atom is -0.493 e. The first kappa shape index (κ1) is 17.5. The van der Waals surface area contributed by atoms with Gasteiger partial charge < -0.3 is 14.6 Å². The van der Waals surface area contributed by atoms with Crippen molar-refractivity contribution in [2.75, 3.05) is 13.7 Å². The van der Waals surface area contributed by atoms with Crippen LogP contribution in [0.25, 0.3) is 0 Å². The van der Waals surface area contributed by atoms with E-state index in [-0.39, 0.29) is 0 Å². The van der Waals surface area contributed by atoms with E-state index in [0.717, 1.165) is 5.56 Å². The van der Waals surface area contributed by atoms with Crippen LogP contribution in [0.4, 0.5) is 0 Å². The normalized spacial score (nSPS) is 12.0. The largest absolute Gasteiger partial charge is 0.493 e. The number of hydrazone groups is 1. The van der Waals surface area contributed by atoms with Gasteiger partial charge in [0, 0.05) is 0 Å². The lowest BCUT2D eigenvalue weighted by atomic mass is 10.1. The third kappa shape index (κ3) is 4.57. The fourth-order valence-electron chi connectivity index (χ4n) is 2.06. The molecule has 0 aromatic heterocycles. The highest BCUT2D eigenvalue weighted by Crippen LogP contribution is 2.27. The van der Waals surface area contributed by atoms with Crippen LogP contribution in [0.5, 0.6) is 11.5 Å². The van der Waals surface area contributed by atoms with Crippen molar-refractivity contribution in [3.05, 3.63) is 59.7 Å². The van der Waals surface area contributed by atoms with E-state index >= 15 is 0 Å². The lowest BCUT2D eigenvalue weighted by Gasteiger charge is -2.10. The number of ether oxygens (including phenoxy) is 2. The molecule has 1 atom stereocenters. The summed E-state index contributed by atoms with van der Waals surface area (Å²) in [7, 11) is 1.55. The number of hydrogen-bond acceptors (Lipinski definition) is 5. The second-order valence-corrected chi connectivity index (χ2v) is 4.89. The summed E-state index contributed by atoms with van der Waals surface area (Å²) in [5.74, 6) is 0.618. The second kappa shape index (κ2) is 8.69. The highest BCUT2D eigenvalue weighted by atomic mass is 16.5. The summed E-state index contributed by atoms with van der Waals surface area (Å²) < 4.78 is 10.7. The number of aliphatic hydroxyl groups is 1. The zero-order chi connectivity index (χ0) is 17.4. The van der Waals surface area contributed by atoms with Crippen LogP contribution in [0.2, 0.25) is 0 Å². The number of hydrogen-bond donors (Lipinski definition) is 2. The van der Waals surface area contributed by atoms with Gasteiger partial charge in [-0.15, -0.1) is 0 Å². The Bertz CT molecular complexity index is 701. The van der Waals surface area contributed by atoms with Gasteiger partial charge in [0.05, 0.1) is 19.9 Å². The molecule has 0 bridgehead atoms. The van der Waals surface area contributed by atoms with Crippen molar-refractivity contribution in [3.63, 3.8) is 0 Å². The molecule has 126 valence electrons. The molecule has 0 radical (unpaired) electrons. The topological polar surface area (TPSA) is 80.2 Å². The maximum absolute atomic E-state index is 11.9. The van der Waals surface area contributed by atoms with Crippen molar-refractivity contribution < 1.29 is 19.4 Å². The number of benzene rings is 2. The first-order valence-corrected chi connectivity index (χ1v) is 7.52. The number of rotatable bonds is 7. The summed E-state index contributed by atoms with van der Waals surface area (Å²) >= 11 is 0. The summed E-state index contributed by atoms with van der Waals surface area (Å²) in [6, 6.07) is 14.0. The first-order valence-electron chi connectivity index (χ1n) is 7.52. The Labute approximate surface area is 140 Å². The average Bonchev–Trinajstić information content (AvgIpc) is 2.63. The van der Waals surface area contributed by atoms with Crippen molar-refractivity contribution in [2.45, 2.75) is 13.0 Å². The third-order valence-corrected chi connectivity index (χ3v) is 3.24. The van der Waals surface area contributed by atoms with Crippen molar-refractivity contribution in [1.29, 1.82) is 0 Å². The molecule has 2 aromatic carbocycles. The molecule has 6 heteroatoms. The number of nitrogens with zero attached hydrogens (tertiary/aromatic N) is 1. The molecule has 0 unspecified atom stereocenters. The van der Waals surface area contributed by atoms with Crippen LogP contribution < -0.4 is 14.9 Å². The maximum atomic E-state index is 11.9. The summed E-state index contributed by atoms with van der Waals surface area (Å²) in [6.07, 6.45) is 0.201. The van der Waals surface area contributed by atoms with E-state index in [1.807, 2.05) is 13.0 Å². The zero-order valence-corrected chi connectivity index (χ0v) is 13.6. The Morgan fingerprint density at radius 1 is 1.25 bits per heavy atom. The fourth-order valence-corrected chi connectivity index (χ4v) is 2.06. The zero-order valence-electron chi connectivity index (χ0n) is 13.6. The Morgan fingerprint density at radius 3 is 2.67 bits per heavy atom. The standard InChI is InChI=1S/C18H20N2O4/c1-3-24-15-10-9-13(11-16(15)23-2)12-19-20-18(22)17(21)14-7-5-4-6-8-14/h4-12,17,21H,3H2,1-2H3,(H,20,22)/b19-12-/t17-/m1/s1. The molecular formula is C18H20N2O4. The van der Waals surface area contributed by atoms with Crippen molar-refractivity contribution in [2.24, 2.45) is 5.10 Å². The van der Waals surface area contributed by atoms with E-state index < -0.39 is 12.0 Å². The van der Waals surface area contributed by atoms with Crippen LogP contribution in [0, 0.1) is 0 Å². The number of carbonyl (C=O) groups excluding carboxylic acids is 1. The summed E-state index contributed by atoms with van der Waals surface area (Å²) in [5, 5.41) is 13.8. The minimum absolute atomic E-state index is 0.507. The predicted molar refractivity (Wildman–Crippen MR) is 91.3 cm³/mol. The van der Waals surface area contributed by atoms with Crippen LogP contribution in [0.3, 0.4) is 0 Å². The third-order valence-electron chi connectivity index (χ3n) is 3.24. The molecule has 2 rings (SSSR count). The second-order valence-electron chi connectivity index (χ2n) is 4.89. The number of methoxy groups -OCH3 is 1. The molecule has 6 nitrogen and oxygen atoms in total. The van der Waals surface area contributed by atoms with Crippen molar-refractivity contribution in [3.8, 4) is 11.5 Å². The molecule has 0 fully saturated rings. The van der Waals surface area contributed by atoms with Gasteiger partial charge in [-0.05, 0) is 36.2 Å². The molecule has 2 aromatic rings. The monoisotopic (exact) mass is 328 g/mol. The van der Waals surface area contributed by atoms with Gasteiger partial charge >= 0.3 is 0 Å². The molecule has 1 amide bonds. The van der Waals surface area contributed by atoms with E-state index in [1.54, 1.807) is 49.6 Å². The van der Waals surface area contributed by atoms with E-state index in [1.165, 1.54) is 6.21 Å². The van der Waals surface area contributed by atoms with Crippen molar-refractivity contribution in [1.82, 2.24) is 5.43 Å². The molecule has 0 aliphatic heterocycles. The molecule has 2 N–H and O–H groups in total. The van der Waals surface area contributed by atoms with Gasteiger partial charge in [0.25, 0.3) is 5.91 Å². The Hall–Kier alpha value is -2.86. The van der Waals surface area contributed by atoms with Gasteiger partial charge in [-0.25, -0.2) is 5.43 Å². The summed E-state index contributed by atoms with van der Waals surface area (Å²) in [4.78, 5) is 11.9. The molecule has 0 heterocycles. The molecule has 0 aliphatic carbocycles. The van der Waals surface area contributed by atoms with Crippen LogP contribution in [-0.4, -0.2) is 30.9 Å². The van der Waals surface area contributed by atoms with Gasteiger partial charge in [0.1, 0.15) is 0 Å². The number of amides is 1. The molecular weight excluding hydrogens is 308 g/mol. The van der Waals surface area contributed by atoms with E-state index in [9.17, 15) is 9.90 Å². The van der Waals surface area contributed by atoms with Crippen LogP contribution in [0.1, 0.15) is 24.2 Å². The molecule has 0 aliphatic rings. The van der Waals surface area contributed by atoms with Crippen LogP contribution >= 0.6 is 0 Å². The highest BCUT2D eigenvalue weighted by Gasteiger charge is 2.15. The average molecular weight is 328 g/mol. The summed E-state index contributed by atoms with van der Waals surface area (Å²) in [5.41, 5.74) is 3.55. The van der Waals surface area contributed by atoms with E-state index in [4.69, 9.17) is 9.47 Å². The minimum atomic E-state index is -1.27. The SMILES string of the molecule is CCOc1ccc(/C=N\NC(=O)[C@H](O)c2ccccc2)cc1OC. The highest BCUT2D eigenvalue weighted by molar-refractivity contribution is 5.85. The first-order chi connectivity index (χ1) is 11.7. The Balaban J connectivity index is 1.99. The molecule has 0 saturated heterocycles. The fraction of sp³-hybridized carbons (Fsp3) is 0.222. The molecule has 0 saturated carbocycles. The van der Waals surface area contributed by atoms with Gasteiger partial charge in [-0.2, -0.15) is 5.10 Å². The predicted octanol–water partition coefficient (Wildman–Crippen LogP) is 2.28.